The van der Waals surface area contributed by atoms with Crippen LogP contribution < -0.4 is 15.4 Å². The highest BCUT2D eigenvalue weighted by atomic mass is 127. The molecule has 2 heterocycles. The number of aliphatic imine (C=N–C) groups is 1. The van der Waals surface area contributed by atoms with Gasteiger partial charge in [0.1, 0.15) is 12.4 Å². The number of nitrogens with zero attached hydrogens (tertiary/aromatic N) is 2. The number of halogens is 1. The lowest BCUT2D eigenvalue weighted by Crippen LogP contribution is -2.46. The zero-order valence-electron chi connectivity index (χ0n) is 18.2. The number of thiophene rings is 1. The molecule has 2 aromatic rings. The number of methoxy groups -OCH3 is 1. The van der Waals surface area contributed by atoms with Gasteiger partial charge in [-0.15, -0.1) is 35.3 Å². The molecule has 1 aromatic heterocycles. The molecule has 7 nitrogen and oxygen atoms in total. The van der Waals surface area contributed by atoms with Crippen molar-refractivity contribution < 1.29 is 14.2 Å². The minimum absolute atomic E-state index is 0. The second kappa shape index (κ2) is 14.6. The number of benzene rings is 1. The lowest BCUT2D eigenvalue weighted by molar-refractivity contribution is 0.0177. The lowest BCUT2D eigenvalue weighted by atomic mass is 10.2. The number of nitrogens with one attached hydrogen (secondary N) is 2. The van der Waals surface area contributed by atoms with Crippen LogP contribution in [0, 0.1) is 0 Å². The van der Waals surface area contributed by atoms with Gasteiger partial charge < -0.3 is 24.8 Å². The van der Waals surface area contributed by atoms with Gasteiger partial charge in [-0.05, 0) is 29.1 Å². The Morgan fingerprint density at radius 3 is 2.58 bits per heavy atom. The van der Waals surface area contributed by atoms with Crippen LogP contribution in [0.3, 0.4) is 0 Å². The number of ether oxygens (including phenoxy) is 3. The Hall–Kier alpha value is -1.40. The molecule has 31 heavy (non-hydrogen) atoms. The van der Waals surface area contributed by atoms with Crippen molar-refractivity contribution in [3.05, 3.63) is 52.2 Å². The van der Waals surface area contributed by atoms with E-state index in [0.29, 0.717) is 25.8 Å². The third-order valence-electron chi connectivity index (χ3n) is 4.98. The third-order valence-corrected chi connectivity index (χ3v) is 5.96. The second-order valence-corrected chi connectivity index (χ2v) is 7.95. The van der Waals surface area contributed by atoms with Gasteiger partial charge >= 0.3 is 0 Å². The Kier molecular flexibility index (Phi) is 12.2. The number of hydrogen-bond donors (Lipinski definition) is 2. The molecule has 1 aliphatic heterocycles. The molecule has 1 unspecified atom stereocenters. The standard InChI is InChI=1S/C22H32N4O3S.HI/c1-23-22(24-16-18-5-7-19(8-6-18)29-14-13-27-2)25-17-20(21-4-3-15-30-21)26-9-11-28-12-10-26;/h3-8,15,20H,9-14,16-17H2,1-2H3,(H2,23,24,25);1H. The predicted octanol–water partition coefficient (Wildman–Crippen LogP) is 3.13. The summed E-state index contributed by atoms with van der Waals surface area (Å²) in [6, 6.07) is 12.7. The zero-order chi connectivity index (χ0) is 21.0. The van der Waals surface area contributed by atoms with E-state index in [2.05, 4.69) is 50.2 Å². The maximum atomic E-state index is 5.61. The molecule has 3 rings (SSSR count). The highest BCUT2D eigenvalue weighted by molar-refractivity contribution is 14.0. The SMILES string of the molecule is CN=C(NCc1ccc(OCCOC)cc1)NCC(c1cccs1)N1CCOCC1.I. The molecule has 1 aromatic carbocycles. The smallest absolute Gasteiger partial charge is 0.191 e. The molecule has 0 saturated carbocycles. The highest BCUT2D eigenvalue weighted by Gasteiger charge is 2.23. The van der Waals surface area contributed by atoms with Gasteiger partial charge in [-0.2, -0.15) is 0 Å². The molecule has 0 aliphatic carbocycles. The van der Waals surface area contributed by atoms with Gasteiger partial charge in [0.15, 0.2) is 5.96 Å². The van der Waals surface area contributed by atoms with Crippen LogP contribution in [0.1, 0.15) is 16.5 Å². The molecule has 172 valence electrons. The second-order valence-electron chi connectivity index (χ2n) is 6.97. The Balaban J connectivity index is 0.00000341. The molecule has 0 amide bonds. The number of morpholine rings is 1. The fraction of sp³-hybridized carbons (Fsp3) is 0.500. The fourth-order valence-electron chi connectivity index (χ4n) is 3.33. The van der Waals surface area contributed by atoms with E-state index in [9.17, 15) is 0 Å². The van der Waals surface area contributed by atoms with Gasteiger partial charge in [-0.1, -0.05) is 18.2 Å². The quantitative estimate of drug-likeness (QED) is 0.202. The van der Waals surface area contributed by atoms with E-state index >= 15 is 0 Å². The van der Waals surface area contributed by atoms with E-state index in [-0.39, 0.29) is 24.0 Å². The maximum absolute atomic E-state index is 5.61. The number of hydrogen-bond acceptors (Lipinski definition) is 6. The summed E-state index contributed by atoms with van der Waals surface area (Å²) in [4.78, 5) is 8.23. The van der Waals surface area contributed by atoms with Crippen molar-refractivity contribution in [3.63, 3.8) is 0 Å². The van der Waals surface area contributed by atoms with Gasteiger partial charge in [0.05, 0.1) is 25.9 Å². The molecule has 1 aliphatic rings. The average Bonchev–Trinajstić information content (AvgIpc) is 3.32. The molecule has 1 atom stereocenters. The van der Waals surface area contributed by atoms with Crippen LogP contribution in [0.4, 0.5) is 0 Å². The third kappa shape index (κ3) is 8.57. The zero-order valence-corrected chi connectivity index (χ0v) is 21.4. The van der Waals surface area contributed by atoms with Gasteiger partial charge in [0.2, 0.25) is 0 Å². The molecule has 0 spiro atoms. The van der Waals surface area contributed by atoms with E-state index in [1.807, 2.05) is 12.1 Å². The molecular weight excluding hydrogens is 527 g/mol. The summed E-state index contributed by atoms with van der Waals surface area (Å²) in [7, 11) is 3.47. The largest absolute Gasteiger partial charge is 0.491 e. The first-order valence-electron chi connectivity index (χ1n) is 10.3. The maximum Gasteiger partial charge on any atom is 0.191 e. The van der Waals surface area contributed by atoms with Crippen LogP contribution in [0.2, 0.25) is 0 Å². The normalized spacial score (nSPS) is 15.7. The van der Waals surface area contributed by atoms with Crippen LogP contribution in [0.25, 0.3) is 0 Å². The first-order chi connectivity index (χ1) is 14.8. The lowest BCUT2D eigenvalue weighted by Gasteiger charge is -2.34. The Morgan fingerprint density at radius 2 is 1.94 bits per heavy atom. The van der Waals surface area contributed by atoms with Crippen molar-refractivity contribution in [1.82, 2.24) is 15.5 Å². The highest BCUT2D eigenvalue weighted by Crippen LogP contribution is 2.25. The number of rotatable bonds is 10. The summed E-state index contributed by atoms with van der Waals surface area (Å²) in [5.74, 6) is 1.65. The van der Waals surface area contributed by atoms with Crippen molar-refractivity contribution in [1.29, 1.82) is 0 Å². The summed E-state index contributed by atoms with van der Waals surface area (Å²) in [5.41, 5.74) is 1.17. The molecule has 1 saturated heterocycles. The summed E-state index contributed by atoms with van der Waals surface area (Å²) >= 11 is 1.80. The topological polar surface area (TPSA) is 67.4 Å². The van der Waals surface area contributed by atoms with Gasteiger partial charge in [0.25, 0.3) is 0 Å². The van der Waals surface area contributed by atoms with Crippen LogP contribution in [0.5, 0.6) is 5.75 Å². The van der Waals surface area contributed by atoms with Crippen molar-refractivity contribution in [2.24, 2.45) is 4.99 Å². The summed E-state index contributed by atoms with van der Waals surface area (Å²) in [6.07, 6.45) is 0. The Bertz CT molecular complexity index is 753. The van der Waals surface area contributed by atoms with E-state index in [4.69, 9.17) is 14.2 Å². The first kappa shape index (κ1) is 25.9. The minimum Gasteiger partial charge on any atom is -0.491 e. The van der Waals surface area contributed by atoms with E-state index in [0.717, 1.165) is 44.6 Å². The molecule has 9 heteroatoms. The molecule has 0 radical (unpaired) electrons. The summed E-state index contributed by atoms with van der Waals surface area (Å²) < 4.78 is 16.1. The van der Waals surface area contributed by atoms with Crippen molar-refractivity contribution >= 4 is 41.3 Å². The summed E-state index contributed by atoms with van der Waals surface area (Å²) in [5, 5.41) is 9.03. The van der Waals surface area contributed by atoms with E-state index in [1.54, 1.807) is 25.5 Å². The molecule has 1 fully saturated rings. The fourth-order valence-corrected chi connectivity index (χ4v) is 4.19. The average molecular weight is 561 g/mol. The van der Waals surface area contributed by atoms with Crippen LogP contribution >= 0.6 is 35.3 Å². The Labute approximate surface area is 206 Å². The van der Waals surface area contributed by atoms with Gasteiger partial charge in [0, 0.05) is 45.2 Å². The van der Waals surface area contributed by atoms with E-state index < -0.39 is 0 Å². The van der Waals surface area contributed by atoms with Crippen LogP contribution in [0.15, 0.2) is 46.8 Å². The monoisotopic (exact) mass is 560 g/mol. The molecule has 2 N–H and O–H groups in total. The Morgan fingerprint density at radius 1 is 1.16 bits per heavy atom. The van der Waals surface area contributed by atoms with Gasteiger partial charge in [-0.3, -0.25) is 9.89 Å². The van der Waals surface area contributed by atoms with Gasteiger partial charge in [-0.25, -0.2) is 0 Å². The van der Waals surface area contributed by atoms with Crippen LogP contribution in [-0.4, -0.2) is 71.1 Å². The first-order valence-corrected chi connectivity index (χ1v) is 11.2. The van der Waals surface area contributed by atoms with Crippen molar-refractivity contribution in [2.75, 3.05) is 60.2 Å². The minimum atomic E-state index is 0. The van der Waals surface area contributed by atoms with Crippen LogP contribution in [-0.2, 0) is 16.0 Å². The predicted molar refractivity (Wildman–Crippen MR) is 137 cm³/mol. The molecular formula is C22H33IN4O3S. The summed E-state index contributed by atoms with van der Waals surface area (Å²) in [6.45, 7) is 6.12. The molecule has 0 bridgehead atoms. The van der Waals surface area contributed by atoms with E-state index in [1.165, 1.54) is 10.4 Å². The van der Waals surface area contributed by atoms with Crippen molar-refractivity contribution in [3.8, 4) is 5.75 Å². The van der Waals surface area contributed by atoms with Crippen molar-refractivity contribution in [2.45, 2.75) is 12.6 Å². The number of guanidine groups is 1.